The molecule has 0 heterocycles. The number of nitrogens with one attached hydrogen (secondary N) is 1. The Kier molecular flexibility index (Phi) is 9.77. The van der Waals surface area contributed by atoms with Gasteiger partial charge in [-0.25, -0.2) is 0 Å². The first-order chi connectivity index (χ1) is 16.5. The quantitative estimate of drug-likeness (QED) is 0.366. The molecule has 0 aliphatic heterocycles. The molecule has 0 spiro atoms. The molecule has 0 fully saturated rings. The van der Waals surface area contributed by atoms with E-state index in [1.165, 1.54) is 11.8 Å². The molecule has 0 saturated carbocycles. The Labute approximate surface area is 207 Å². The van der Waals surface area contributed by atoms with Gasteiger partial charge in [-0.3, -0.25) is 9.59 Å². The summed E-state index contributed by atoms with van der Waals surface area (Å²) in [5.41, 5.74) is 3.21. The highest BCUT2D eigenvalue weighted by atomic mass is 32.2. The number of benzene rings is 3. The van der Waals surface area contributed by atoms with Gasteiger partial charge >= 0.3 is 0 Å². The van der Waals surface area contributed by atoms with Gasteiger partial charge in [-0.15, -0.1) is 11.8 Å². The highest BCUT2D eigenvalue weighted by Crippen LogP contribution is 2.21. The maximum absolute atomic E-state index is 13.6. The molecule has 2 atom stereocenters. The lowest BCUT2D eigenvalue weighted by Gasteiger charge is -2.32. The Morgan fingerprint density at radius 1 is 0.882 bits per heavy atom. The molecule has 1 N–H and O–H groups in total. The normalized spacial score (nSPS) is 12.6. The van der Waals surface area contributed by atoms with Gasteiger partial charge in [0.25, 0.3) is 0 Å². The van der Waals surface area contributed by atoms with Crippen molar-refractivity contribution in [2.45, 2.75) is 57.1 Å². The lowest BCUT2D eigenvalue weighted by molar-refractivity contribution is -0.139. The lowest BCUT2D eigenvalue weighted by atomic mass is 10.0. The summed E-state index contributed by atoms with van der Waals surface area (Å²) in [6.07, 6.45) is 1.30. The number of hydrogen-bond donors (Lipinski definition) is 1. The van der Waals surface area contributed by atoms with E-state index in [2.05, 4.69) is 5.32 Å². The number of carbonyl (C=O) groups excluding carboxylic acids is 2. The second-order valence-electron chi connectivity index (χ2n) is 8.63. The number of rotatable bonds is 11. The Bertz CT molecular complexity index is 1040. The van der Waals surface area contributed by atoms with Crippen LogP contribution < -0.4 is 5.32 Å². The van der Waals surface area contributed by atoms with Crippen molar-refractivity contribution in [3.05, 3.63) is 102 Å². The first-order valence-electron chi connectivity index (χ1n) is 11.8. The first-order valence-corrected chi connectivity index (χ1v) is 12.8. The highest BCUT2D eigenvalue weighted by molar-refractivity contribution is 8.00. The number of hydrogen-bond acceptors (Lipinski definition) is 3. The van der Waals surface area contributed by atoms with Crippen LogP contribution in [0.25, 0.3) is 0 Å². The predicted molar refractivity (Wildman–Crippen MR) is 141 cm³/mol. The average molecular weight is 475 g/mol. The van der Waals surface area contributed by atoms with E-state index >= 15 is 0 Å². The molecular weight excluding hydrogens is 440 g/mol. The van der Waals surface area contributed by atoms with Gasteiger partial charge in [0, 0.05) is 23.9 Å². The SMILES string of the molecule is CC[C@H](C)NC(=O)[C@@H](Cc1ccccc1)N(Cc1ccc(C)cc1)C(=O)CSc1ccccc1. The summed E-state index contributed by atoms with van der Waals surface area (Å²) in [4.78, 5) is 29.9. The average Bonchev–Trinajstić information content (AvgIpc) is 2.87. The van der Waals surface area contributed by atoms with Gasteiger partial charge in [-0.05, 0) is 43.5 Å². The minimum Gasteiger partial charge on any atom is -0.352 e. The van der Waals surface area contributed by atoms with E-state index in [0.29, 0.717) is 13.0 Å². The van der Waals surface area contributed by atoms with Crippen molar-refractivity contribution in [3.63, 3.8) is 0 Å². The fraction of sp³-hybridized carbons (Fsp3) is 0.310. The van der Waals surface area contributed by atoms with Crippen molar-refractivity contribution >= 4 is 23.6 Å². The van der Waals surface area contributed by atoms with E-state index in [-0.39, 0.29) is 23.6 Å². The van der Waals surface area contributed by atoms with Crippen molar-refractivity contribution in [1.82, 2.24) is 10.2 Å². The van der Waals surface area contributed by atoms with Crippen LogP contribution in [-0.4, -0.2) is 34.6 Å². The molecule has 0 aliphatic rings. The lowest BCUT2D eigenvalue weighted by Crippen LogP contribution is -2.52. The van der Waals surface area contributed by atoms with E-state index in [9.17, 15) is 9.59 Å². The minimum atomic E-state index is -0.596. The molecule has 0 bridgehead atoms. The van der Waals surface area contributed by atoms with E-state index in [1.807, 2.05) is 106 Å². The molecule has 0 saturated heterocycles. The summed E-state index contributed by atoms with van der Waals surface area (Å²) in [6, 6.07) is 27.4. The molecule has 3 aromatic carbocycles. The molecule has 2 amide bonds. The van der Waals surface area contributed by atoms with E-state index in [4.69, 9.17) is 0 Å². The summed E-state index contributed by atoms with van der Waals surface area (Å²) >= 11 is 1.50. The highest BCUT2D eigenvalue weighted by Gasteiger charge is 2.30. The summed E-state index contributed by atoms with van der Waals surface area (Å²) in [6.45, 7) is 6.47. The van der Waals surface area contributed by atoms with Gasteiger partial charge in [-0.2, -0.15) is 0 Å². The summed E-state index contributed by atoms with van der Waals surface area (Å²) in [5, 5.41) is 3.11. The number of carbonyl (C=O) groups is 2. The summed E-state index contributed by atoms with van der Waals surface area (Å²) in [7, 11) is 0. The van der Waals surface area contributed by atoms with Crippen LogP contribution in [0.3, 0.4) is 0 Å². The molecule has 34 heavy (non-hydrogen) atoms. The third-order valence-corrected chi connectivity index (χ3v) is 6.85. The summed E-state index contributed by atoms with van der Waals surface area (Å²) < 4.78 is 0. The molecule has 0 aliphatic carbocycles. The van der Waals surface area contributed by atoms with Crippen LogP contribution in [0.5, 0.6) is 0 Å². The van der Waals surface area contributed by atoms with E-state index in [1.54, 1.807) is 4.90 Å². The second-order valence-corrected chi connectivity index (χ2v) is 9.68. The Hall–Kier alpha value is -3.05. The minimum absolute atomic E-state index is 0.0424. The fourth-order valence-corrected chi connectivity index (χ4v) is 4.44. The predicted octanol–water partition coefficient (Wildman–Crippen LogP) is 5.64. The van der Waals surface area contributed by atoms with Crippen LogP contribution in [0.1, 0.15) is 37.0 Å². The molecule has 5 heteroatoms. The third-order valence-electron chi connectivity index (χ3n) is 5.85. The monoisotopic (exact) mass is 474 g/mol. The number of amides is 2. The van der Waals surface area contributed by atoms with Crippen molar-refractivity contribution < 1.29 is 9.59 Å². The molecule has 4 nitrogen and oxygen atoms in total. The third kappa shape index (κ3) is 7.77. The Morgan fingerprint density at radius 3 is 2.12 bits per heavy atom. The van der Waals surface area contributed by atoms with Gasteiger partial charge < -0.3 is 10.2 Å². The summed E-state index contributed by atoms with van der Waals surface area (Å²) in [5.74, 6) is 0.121. The van der Waals surface area contributed by atoms with Crippen LogP contribution in [0.2, 0.25) is 0 Å². The van der Waals surface area contributed by atoms with Gasteiger partial charge in [0.1, 0.15) is 6.04 Å². The molecular formula is C29H34N2O2S. The van der Waals surface area contributed by atoms with Crippen molar-refractivity contribution in [3.8, 4) is 0 Å². The molecule has 0 radical (unpaired) electrons. The van der Waals surface area contributed by atoms with Crippen molar-refractivity contribution in [2.75, 3.05) is 5.75 Å². The van der Waals surface area contributed by atoms with E-state index < -0.39 is 6.04 Å². The Morgan fingerprint density at radius 2 is 1.50 bits per heavy atom. The maximum Gasteiger partial charge on any atom is 0.243 e. The molecule has 0 unspecified atom stereocenters. The van der Waals surface area contributed by atoms with Crippen LogP contribution in [-0.2, 0) is 22.6 Å². The molecule has 3 aromatic rings. The zero-order valence-electron chi connectivity index (χ0n) is 20.2. The van der Waals surface area contributed by atoms with Crippen molar-refractivity contribution in [1.29, 1.82) is 0 Å². The topological polar surface area (TPSA) is 49.4 Å². The van der Waals surface area contributed by atoms with Crippen LogP contribution in [0.15, 0.2) is 89.8 Å². The number of aryl methyl sites for hydroxylation is 1. The van der Waals surface area contributed by atoms with Gasteiger partial charge in [0.2, 0.25) is 11.8 Å². The van der Waals surface area contributed by atoms with Crippen molar-refractivity contribution in [2.24, 2.45) is 0 Å². The van der Waals surface area contributed by atoms with Crippen LogP contribution in [0, 0.1) is 6.92 Å². The van der Waals surface area contributed by atoms with Gasteiger partial charge in [0.05, 0.1) is 5.75 Å². The van der Waals surface area contributed by atoms with Gasteiger partial charge in [-0.1, -0.05) is 85.3 Å². The number of nitrogens with zero attached hydrogens (tertiary/aromatic N) is 1. The van der Waals surface area contributed by atoms with E-state index in [0.717, 1.165) is 28.0 Å². The first kappa shape index (κ1) is 25.6. The second kappa shape index (κ2) is 13.0. The fourth-order valence-electron chi connectivity index (χ4n) is 3.63. The largest absolute Gasteiger partial charge is 0.352 e. The zero-order valence-corrected chi connectivity index (χ0v) is 21.1. The van der Waals surface area contributed by atoms with Crippen LogP contribution >= 0.6 is 11.8 Å². The molecule has 178 valence electrons. The molecule has 3 rings (SSSR count). The Balaban J connectivity index is 1.90. The van der Waals surface area contributed by atoms with Gasteiger partial charge in [0.15, 0.2) is 0 Å². The van der Waals surface area contributed by atoms with Crippen LogP contribution in [0.4, 0.5) is 0 Å². The maximum atomic E-state index is 13.6. The molecule has 0 aromatic heterocycles. The smallest absolute Gasteiger partial charge is 0.243 e. The number of thioether (sulfide) groups is 1. The zero-order chi connectivity index (χ0) is 24.3. The standard InChI is InChI=1S/C29H34N2O2S/c1-4-23(3)30-29(33)27(19-24-11-7-5-8-12-24)31(20-25-17-15-22(2)16-18-25)28(32)21-34-26-13-9-6-10-14-26/h5-18,23,27H,4,19-21H2,1-3H3,(H,30,33)/t23-,27+/m0/s1.